The van der Waals surface area contributed by atoms with E-state index >= 15 is 0 Å². The molecule has 0 aliphatic rings. The summed E-state index contributed by atoms with van der Waals surface area (Å²) >= 11 is 1.22. The van der Waals surface area contributed by atoms with Gasteiger partial charge in [-0.2, -0.15) is 0 Å². The van der Waals surface area contributed by atoms with Crippen LogP contribution in [0.15, 0.2) is 18.2 Å². The molecule has 0 fully saturated rings. The number of aromatic nitrogens is 2. The maximum atomic E-state index is 13.7. The first-order valence-corrected chi connectivity index (χ1v) is 8.53. The zero-order valence-electron chi connectivity index (χ0n) is 14.0. The van der Waals surface area contributed by atoms with Crippen molar-refractivity contribution in [3.8, 4) is 0 Å². The summed E-state index contributed by atoms with van der Waals surface area (Å²) in [6.07, 6.45) is 0.685. The van der Waals surface area contributed by atoms with Crippen LogP contribution in [0.1, 0.15) is 36.1 Å². The summed E-state index contributed by atoms with van der Waals surface area (Å²) in [7, 11) is 0. The summed E-state index contributed by atoms with van der Waals surface area (Å²) in [6, 6.07) is 2.14. The van der Waals surface area contributed by atoms with Crippen molar-refractivity contribution in [3.05, 3.63) is 40.4 Å². The van der Waals surface area contributed by atoms with Crippen molar-refractivity contribution in [1.29, 1.82) is 0 Å². The number of carbonyl (C=O) groups is 2. The lowest BCUT2D eigenvalue weighted by molar-refractivity contribution is -0.118. The van der Waals surface area contributed by atoms with Gasteiger partial charge >= 0.3 is 0 Å². The third-order valence-electron chi connectivity index (χ3n) is 3.42. The molecular formula is C16H18F2N4O2S. The maximum absolute atomic E-state index is 13.7. The van der Waals surface area contributed by atoms with Gasteiger partial charge in [-0.05, 0) is 24.5 Å². The Morgan fingerprint density at radius 2 is 1.84 bits per heavy atom. The molecule has 2 rings (SSSR count). The minimum absolute atomic E-state index is 0.304. The first kappa shape index (κ1) is 18.9. The first-order chi connectivity index (χ1) is 11.8. The molecule has 9 heteroatoms. The average Bonchev–Trinajstić information content (AvgIpc) is 2.99. The van der Waals surface area contributed by atoms with E-state index in [1.165, 1.54) is 11.3 Å². The van der Waals surface area contributed by atoms with Crippen LogP contribution >= 0.6 is 11.3 Å². The summed E-state index contributed by atoms with van der Waals surface area (Å²) < 4.78 is 27.4. The van der Waals surface area contributed by atoms with E-state index in [9.17, 15) is 18.4 Å². The van der Waals surface area contributed by atoms with Gasteiger partial charge in [0.2, 0.25) is 11.0 Å². The zero-order valence-corrected chi connectivity index (χ0v) is 14.8. The van der Waals surface area contributed by atoms with E-state index in [0.29, 0.717) is 11.6 Å². The minimum Gasteiger partial charge on any atom is -0.340 e. The van der Waals surface area contributed by atoms with Crippen LogP contribution in [0.4, 0.5) is 13.9 Å². The third kappa shape index (κ3) is 4.56. The molecule has 2 amide bonds. The quantitative estimate of drug-likeness (QED) is 0.821. The predicted molar refractivity (Wildman–Crippen MR) is 90.4 cm³/mol. The normalized spacial score (nSPS) is 12.1. The average molecular weight is 368 g/mol. The van der Waals surface area contributed by atoms with Crippen LogP contribution in [-0.2, 0) is 11.2 Å². The van der Waals surface area contributed by atoms with Gasteiger partial charge in [0, 0.05) is 0 Å². The van der Waals surface area contributed by atoms with Crippen LogP contribution in [0.25, 0.3) is 0 Å². The van der Waals surface area contributed by atoms with Gasteiger partial charge in [0.15, 0.2) is 0 Å². The number of hydrogen-bond donors (Lipinski definition) is 2. The van der Waals surface area contributed by atoms with Crippen molar-refractivity contribution in [3.63, 3.8) is 0 Å². The molecule has 1 atom stereocenters. The molecular weight excluding hydrogens is 350 g/mol. The van der Waals surface area contributed by atoms with Crippen molar-refractivity contribution in [2.45, 2.75) is 33.2 Å². The van der Waals surface area contributed by atoms with Gasteiger partial charge in [0.05, 0.1) is 0 Å². The topological polar surface area (TPSA) is 84.0 Å². The number of halogens is 2. The van der Waals surface area contributed by atoms with Gasteiger partial charge in [-0.1, -0.05) is 38.2 Å². The molecule has 1 unspecified atom stereocenters. The van der Waals surface area contributed by atoms with Crippen LogP contribution in [0.2, 0.25) is 0 Å². The Kier molecular flexibility index (Phi) is 6.13. The van der Waals surface area contributed by atoms with E-state index in [1.54, 1.807) is 13.8 Å². The summed E-state index contributed by atoms with van der Waals surface area (Å²) in [5, 5.41) is 13.7. The molecule has 0 spiro atoms. The van der Waals surface area contributed by atoms with Crippen molar-refractivity contribution in [1.82, 2.24) is 15.5 Å². The van der Waals surface area contributed by atoms with E-state index in [2.05, 4.69) is 20.8 Å². The van der Waals surface area contributed by atoms with Gasteiger partial charge in [0.25, 0.3) is 5.91 Å². The van der Waals surface area contributed by atoms with Gasteiger partial charge in [0.1, 0.15) is 28.2 Å². The van der Waals surface area contributed by atoms with Gasteiger partial charge < -0.3 is 5.32 Å². The molecule has 1 aromatic carbocycles. The molecule has 0 bridgehead atoms. The molecule has 0 aliphatic carbocycles. The molecule has 0 radical (unpaired) electrons. The monoisotopic (exact) mass is 368 g/mol. The van der Waals surface area contributed by atoms with Gasteiger partial charge in [-0.3, -0.25) is 14.9 Å². The number of amides is 2. The van der Waals surface area contributed by atoms with E-state index in [0.717, 1.165) is 23.2 Å². The predicted octanol–water partition coefficient (Wildman–Crippen LogP) is 2.77. The summed E-state index contributed by atoms with van der Waals surface area (Å²) in [5.74, 6) is -3.80. The highest BCUT2D eigenvalue weighted by atomic mass is 32.1. The standard InChI is InChI=1S/C16H18F2N4O2S/c1-4-11-21-22-16(25-11)20-15(24)13(8(2)3)19-14(23)12-9(17)6-5-7-10(12)18/h5-8,13H,4H2,1-3H3,(H,19,23)(H,20,22,24). The zero-order chi connectivity index (χ0) is 18.6. The highest BCUT2D eigenvalue weighted by Gasteiger charge is 2.28. The van der Waals surface area contributed by atoms with Crippen LogP contribution < -0.4 is 10.6 Å². The number of nitrogens with zero attached hydrogens (tertiary/aromatic N) is 2. The van der Waals surface area contributed by atoms with Gasteiger partial charge in [-0.15, -0.1) is 10.2 Å². The molecule has 2 aromatic rings. The summed E-state index contributed by atoms with van der Waals surface area (Å²) in [4.78, 5) is 24.6. The molecule has 0 saturated carbocycles. The Morgan fingerprint density at radius 3 is 2.36 bits per heavy atom. The number of benzene rings is 1. The number of anilines is 1. The second-order valence-corrected chi connectivity index (χ2v) is 6.70. The van der Waals surface area contributed by atoms with E-state index < -0.39 is 35.1 Å². The number of hydrogen-bond acceptors (Lipinski definition) is 5. The Balaban J connectivity index is 2.14. The SMILES string of the molecule is CCc1nnc(NC(=O)C(NC(=O)c2c(F)cccc2F)C(C)C)s1. The van der Waals surface area contributed by atoms with Crippen LogP contribution in [-0.4, -0.2) is 28.1 Å². The van der Waals surface area contributed by atoms with E-state index in [-0.39, 0.29) is 5.92 Å². The Labute approximate surface area is 147 Å². The van der Waals surface area contributed by atoms with E-state index in [4.69, 9.17) is 0 Å². The molecule has 2 N–H and O–H groups in total. The fourth-order valence-electron chi connectivity index (χ4n) is 2.09. The highest BCUT2D eigenvalue weighted by molar-refractivity contribution is 7.15. The van der Waals surface area contributed by atoms with E-state index in [1.807, 2.05) is 6.92 Å². The maximum Gasteiger partial charge on any atom is 0.257 e. The first-order valence-electron chi connectivity index (χ1n) is 7.71. The lowest BCUT2D eigenvalue weighted by Crippen LogP contribution is -2.47. The largest absolute Gasteiger partial charge is 0.340 e. The van der Waals surface area contributed by atoms with Gasteiger partial charge in [-0.25, -0.2) is 8.78 Å². The molecule has 25 heavy (non-hydrogen) atoms. The fourth-order valence-corrected chi connectivity index (χ4v) is 2.78. The number of nitrogens with one attached hydrogen (secondary N) is 2. The highest BCUT2D eigenvalue weighted by Crippen LogP contribution is 2.17. The molecule has 6 nitrogen and oxygen atoms in total. The number of carbonyl (C=O) groups excluding carboxylic acids is 2. The van der Waals surface area contributed by atoms with Crippen molar-refractivity contribution in [2.24, 2.45) is 5.92 Å². The molecule has 134 valence electrons. The molecule has 0 saturated heterocycles. The summed E-state index contributed by atoms with van der Waals surface area (Å²) in [6.45, 7) is 5.33. The number of aryl methyl sites for hydroxylation is 1. The number of rotatable bonds is 6. The van der Waals surface area contributed by atoms with Crippen molar-refractivity contribution >= 4 is 28.3 Å². The second-order valence-electron chi connectivity index (χ2n) is 5.64. The molecule has 1 aromatic heterocycles. The third-order valence-corrected chi connectivity index (χ3v) is 4.41. The Morgan fingerprint density at radius 1 is 1.20 bits per heavy atom. The smallest absolute Gasteiger partial charge is 0.257 e. The Bertz CT molecular complexity index is 759. The van der Waals surface area contributed by atoms with Crippen molar-refractivity contribution in [2.75, 3.05) is 5.32 Å². The second kappa shape index (κ2) is 8.11. The van der Waals surface area contributed by atoms with Crippen LogP contribution in [0.5, 0.6) is 0 Å². The lowest BCUT2D eigenvalue weighted by atomic mass is 10.0. The summed E-state index contributed by atoms with van der Waals surface area (Å²) in [5.41, 5.74) is -0.717. The fraction of sp³-hybridized carbons (Fsp3) is 0.375. The molecule has 0 aliphatic heterocycles. The lowest BCUT2D eigenvalue weighted by Gasteiger charge is -2.21. The molecule has 1 heterocycles. The van der Waals surface area contributed by atoms with Crippen LogP contribution in [0.3, 0.4) is 0 Å². The minimum atomic E-state index is -0.990. The van der Waals surface area contributed by atoms with Crippen LogP contribution in [0, 0.1) is 17.6 Å². The van der Waals surface area contributed by atoms with Crippen molar-refractivity contribution < 1.29 is 18.4 Å². The Hall–Kier alpha value is -2.42.